The maximum absolute atomic E-state index is 5.77. The van der Waals surface area contributed by atoms with E-state index in [4.69, 9.17) is 5.73 Å². The molecule has 0 aliphatic rings. The Hall–Kier alpha value is -0.860. The van der Waals surface area contributed by atoms with Crippen LogP contribution in [0.5, 0.6) is 0 Å². The lowest BCUT2D eigenvalue weighted by atomic mass is 10.2. The first-order valence-corrected chi connectivity index (χ1v) is 4.83. The standard InChI is InChI=1S/C11H18N2/c1-2-11(12)9-13-8-10-6-4-3-5-7-10/h3-7,11,13H,2,8-9,12H2,1H3. The zero-order valence-corrected chi connectivity index (χ0v) is 8.16. The predicted molar refractivity (Wildman–Crippen MR) is 56.4 cm³/mol. The van der Waals surface area contributed by atoms with Gasteiger partial charge in [0.15, 0.2) is 0 Å². The van der Waals surface area contributed by atoms with Gasteiger partial charge in [-0.05, 0) is 12.0 Å². The highest BCUT2D eigenvalue weighted by atomic mass is 14.9. The molecule has 1 aromatic carbocycles. The predicted octanol–water partition coefficient (Wildman–Crippen LogP) is 1.51. The topological polar surface area (TPSA) is 38.0 Å². The van der Waals surface area contributed by atoms with Crippen LogP contribution < -0.4 is 11.1 Å². The van der Waals surface area contributed by atoms with Crippen LogP contribution >= 0.6 is 0 Å². The third kappa shape index (κ3) is 4.06. The van der Waals surface area contributed by atoms with Crippen LogP contribution in [0.3, 0.4) is 0 Å². The molecule has 0 bridgehead atoms. The highest BCUT2D eigenvalue weighted by Gasteiger charge is 1.97. The van der Waals surface area contributed by atoms with E-state index < -0.39 is 0 Å². The second-order valence-corrected chi connectivity index (χ2v) is 3.28. The van der Waals surface area contributed by atoms with Crippen LogP contribution in [0.4, 0.5) is 0 Å². The van der Waals surface area contributed by atoms with Crippen molar-refractivity contribution >= 4 is 0 Å². The Labute approximate surface area is 80.1 Å². The van der Waals surface area contributed by atoms with E-state index in [0.29, 0.717) is 0 Å². The van der Waals surface area contributed by atoms with Crippen LogP contribution in [0.25, 0.3) is 0 Å². The summed E-state index contributed by atoms with van der Waals surface area (Å²) in [5.74, 6) is 0. The maximum atomic E-state index is 5.77. The molecule has 0 amide bonds. The molecule has 0 spiro atoms. The second-order valence-electron chi connectivity index (χ2n) is 3.28. The summed E-state index contributed by atoms with van der Waals surface area (Å²) in [6.07, 6.45) is 1.03. The van der Waals surface area contributed by atoms with Crippen molar-refractivity contribution in [2.75, 3.05) is 6.54 Å². The average molecular weight is 178 g/mol. The first-order valence-electron chi connectivity index (χ1n) is 4.83. The lowest BCUT2D eigenvalue weighted by Gasteiger charge is -2.09. The molecule has 72 valence electrons. The highest BCUT2D eigenvalue weighted by molar-refractivity contribution is 5.14. The molecule has 0 saturated heterocycles. The van der Waals surface area contributed by atoms with Crippen molar-refractivity contribution in [1.29, 1.82) is 0 Å². The van der Waals surface area contributed by atoms with Crippen molar-refractivity contribution in [3.05, 3.63) is 35.9 Å². The molecule has 0 aliphatic heterocycles. The first kappa shape index (κ1) is 10.2. The minimum Gasteiger partial charge on any atom is -0.327 e. The summed E-state index contributed by atoms with van der Waals surface area (Å²) in [6, 6.07) is 10.6. The van der Waals surface area contributed by atoms with Crippen LogP contribution in [0, 0.1) is 0 Å². The Kier molecular flexibility index (Phi) is 4.50. The number of benzene rings is 1. The Morgan fingerprint density at radius 3 is 2.62 bits per heavy atom. The average Bonchev–Trinajstić information content (AvgIpc) is 2.19. The molecular weight excluding hydrogens is 160 g/mol. The van der Waals surface area contributed by atoms with Gasteiger partial charge in [-0.2, -0.15) is 0 Å². The molecule has 0 radical (unpaired) electrons. The monoisotopic (exact) mass is 178 g/mol. The highest BCUT2D eigenvalue weighted by Crippen LogP contribution is 1.97. The largest absolute Gasteiger partial charge is 0.327 e. The smallest absolute Gasteiger partial charge is 0.0206 e. The van der Waals surface area contributed by atoms with Crippen LogP contribution in [0.2, 0.25) is 0 Å². The molecule has 1 rings (SSSR count). The van der Waals surface area contributed by atoms with Gasteiger partial charge in [0.1, 0.15) is 0 Å². The van der Waals surface area contributed by atoms with Crippen LogP contribution in [-0.2, 0) is 6.54 Å². The van der Waals surface area contributed by atoms with E-state index in [-0.39, 0.29) is 6.04 Å². The van der Waals surface area contributed by atoms with Gasteiger partial charge in [0, 0.05) is 19.1 Å². The summed E-state index contributed by atoms with van der Waals surface area (Å²) in [5, 5.41) is 3.33. The Morgan fingerprint density at radius 2 is 2.00 bits per heavy atom. The summed E-state index contributed by atoms with van der Waals surface area (Å²) in [6.45, 7) is 3.91. The molecule has 0 fully saturated rings. The number of rotatable bonds is 5. The van der Waals surface area contributed by atoms with Gasteiger partial charge in [0.05, 0.1) is 0 Å². The Balaban J connectivity index is 2.20. The van der Waals surface area contributed by atoms with E-state index in [1.807, 2.05) is 6.07 Å². The normalized spacial score (nSPS) is 12.8. The van der Waals surface area contributed by atoms with Crippen molar-refractivity contribution in [1.82, 2.24) is 5.32 Å². The minimum absolute atomic E-state index is 0.281. The molecule has 0 heterocycles. The van der Waals surface area contributed by atoms with E-state index in [2.05, 4.69) is 36.5 Å². The lowest BCUT2D eigenvalue weighted by Crippen LogP contribution is -2.32. The molecule has 1 aromatic rings. The zero-order valence-electron chi connectivity index (χ0n) is 8.16. The van der Waals surface area contributed by atoms with Crippen molar-refractivity contribution in [3.8, 4) is 0 Å². The van der Waals surface area contributed by atoms with Gasteiger partial charge in [-0.3, -0.25) is 0 Å². The van der Waals surface area contributed by atoms with E-state index in [1.54, 1.807) is 0 Å². The zero-order chi connectivity index (χ0) is 9.52. The van der Waals surface area contributed by atoms with Gasteiger partial charge >= 0.3 is 0 Å². The minimum atomic E-state index is 0.281. The van der Waals surface area contributed by atoms with Gasteiger partial charge in [-0.25, -0.2) is 0 Å². The number of nitrogens with one attached hydrogen (secondary N) is 1. The van der Waals surface area contributed by atoms with Gasteiger partial charge in [0.2, 0.25) is 0 Å². The summed E-state index contributed by atoms with van der Waals surface area (Å²) >= 11 is 0. The fourth-order valence-electron chi connectivity index (χ4n) is 1.14. The number of hydrogen-bond donors (Lipinski definition) is 2. The van der Waals surface area contributed by atoms with Gasteiger partial charge in [-0.1, -0.05) is 37.3 Å². The van der Waals surface area contributed by atoms with Crippen molar-refractivity contribution in [3.63, 3.8) is 0 Å². The molecule has 13 heavy (non-hydrogen) atoms. The van der Waals surface area contributed by atoms with Gasteiger partial charge in [0.25, 0.3) is 0 Å². The van der Waals surface area contributed by atoms with Crippen LogP contribution in [0.1, 0.15) is 18.9 Å². The van der Waals surface area contributed by atoms with E-state index in [0.717, 1.165) is 19.5 Å². The second kappa shape index (κ2) is 5.73. The molecule has 3 N–H and O–H groups in total. The quantitative estimate of drug-likeness (QED) is 0.717. The fraction of sp³-hybridized carbons (Fsp3) is 0.455. The third-order valence-electron chi connectivity index (χ3n) is 2.10. The van der Waals surface area contributed by atoms with Crippen molar-refractivity contribution in [2.24, 2.45) is 5.73 Å². The SMILES string of the molecule is CCC(N)CNCc1ccccc1. The first-order chi connectivity index (χ1) is 6.33. The number of nitrogens with two attached hydrogens (primary N) is 1. The summed E-state index contributed by atoms with van der Waals surface area (Å²) < 4.78 is 0. The lowest BCUT2D eigenvalue weighted by molar-refractivity contribution is 0.563. The molecular formula is C11H18N2. The Bertz CT molecular complexity index is 221. The molecule has 1 unspecified atom stereocenters. The molecule has 0 aromatic heterocycles. The van der Waals surface area contributed by atoms with Gasteiger partial charge < -0.3 is 11.1 Å². The van der Waals surface area contributed by atoms with E-state index in [1.165, 1.54) is 5.56 Å². The third-order valence-corrected chi connectivity index (χ3v) is 2.10. The Morgan fingerprint density at radius 1 is 1.31 bits per heavy atom. The van der Waals surface area contributed by atoms with Crippen molar-refractivity contribution in [2.45, 2.75) is 25.9 Å². The summed E-state index contributed by atoms with van der Waals surface area (Å²) in [5.41, 5.74) is 7.09. The molecule has 2 heteroatoms. The van der Waals surface area contributed by atoms with E-state index >= 15 is 0 Å². The molecule has 0 saturated carbocycles. The maximum Gasteiger partial charge on any atom is 0.0206 e. The van der Waals surface area contributed by atoms with Crippen LogP contribution in [0.15, 0.2) is 30.3 Å². The van der Waals surface area contributed by atoms with E-state index in [9.17, 15) is 0 Å². The molecule has 0 aliphatic carbocycles. The molecule has 1 atom stereocenters. The number of hydrogen-bond acceptors (Lipinski definition) is 2. The van der Waals surface area contributed by atoms with Crippen LogP contribution in [-0.4, -0.2) is 12.6 Å². The molecule has 2 nitrogen and oxygen atoms in total. The summed E-state index contributed by atoms with van der Waals surface area (Å²) in [7, 11) is 0. The fourth-order valence-corrected chi connectivity index (χ4v) is 1.14. The summed E-state index contributed by atoms with van der Waals surface area (Å²) in [4.78, 5) is 0. The van der Waals surface area contributed by atoms with Gasteiger partial charge in [-0.15, -0.1) is 0 Å². The van der Waals surface area contributed by atoms with Crippen molar-refractivity contribution < 1.29 is 0 Å².